The van der Waals surface area contributed by atoms with E-state index in [9.17, 15) is 20.7 Å². The fourth-order valence-corrected chi connectivity index (χ4v) is 4.38. The third-order valence-corrected chi connectivity index (χ3v) is 7.27. The van der Waals surface area contributed by atoms with Crippen LogP contribution in [-0.2, 0) is 33.2 Å². The average Bonchev–Trinajstić information content (AvgIpc) is 2.71. The largest absolute Gasteiger partial charge is 0.369 e. The van der Waals surface area contributed by atoms with Gasteiger partial charge < -0.3 is 11.5 Å². The summed E-state index contributed by atoms with van der Waals surface area (Å²) in [6.45, 7) is 5.08. The summed E-state index contributed by atoms with van der Waals surface area (Å²) in [7, 11) is -8.46. The highest BCUT2D eigenvalue weighted by Gasteiger charge is 2.33. The smallest absolute Gasteiger partial charge is 0.332 e. The molecule has 0 saturated carbocycles. The number of benzene rings is 2. The van der Waals surface area contributed by atoms with Crippen LogP contribution < -0.4 is 16.4 Å². The molecule has 0 fully saturated rings. The second-order valence-corrected chi connectivity index (χ2v) is 12.0. The zero-order valence-corrected chi connectivity index (χ0v) is 22.8. The molecule has 0 bridgehead atoms. The van der Waals surface area contributed by atoms with E-state index in [1.54, 1.807) is 11.0 Å². The fourth-order valence-electron chi connectivity index (χ4n) is 3.28. The molecule has 0 spiro atoms. The van der Waals surface area contributed by atoms with Gasteiger partial charge in [-0.1, -0.05) is 35.3 Å². The number of hydrogen-bond acceptors (Lipinski definition) is 9. The average molecular weight is 583 g/mol. The van der Waals surface area contributed by atoms with Crippen LogP contribution in [0.4, 0.5) is 9.57 Å². The summed E-state index contributed by atoms with van der Waals surface area (Å²) in [4.78, 5) is 9.59. The summed E-state index contributed by atoms with van der Waals surface area (Å²) in [6.07, 6.45) is 1.03. The van der Waals surface area contributed by atoms with Gasteiger partial charge in [0, 0.05) is 15.7 Å². The highest BCUT2D eigenvalue weighted by molar-refractivity contribution is 7.86. The summed E-state index contributed by atoms with van der Waals surface area (Å²) >= 11 is 12.6. The van der Waals surface area contributed by atoms with E-state index >= 15 is 0 Å². The lowest BCUT2D eigenvalue weighted by Crippen LogP contribution is -2.54. The van der Waals surface area contributed by atoms with Crippen LogP contribution in [0.2, 0.25) is 10.0 Å². The van der Waals surface area contributed by atoms with Gasteiger partial charge in [0.25, 0.3) is 10.1 Å². The van der Waals surface area contributed by atoms with Gasteiger partial charge in [0.1, 0.15) is 5.66 Å². The third kappa shape index (κ3) is 8.03. The second-order valence-electron chi connectivity index (χ2n) is 8.11. The van der Waals surface area contributed by atoms with E-state index in [1.165, 1.54) is 19.1 Å². The molecule has 0 radical (unpaired) electrons. The SMILES string of the molecule is CC1(C)N=C(N)N=C(N)N1c1ccc(CCc2ccc(S(=O)(=O)F)cc2Cl)c(Cl)c1.CCS(=O)(=O)O. The summed E-state index contributed by atoms with van der Waals surface area (Å²) in [5, 5.41) is 0.689. The van der Waals surface area contributed by atoms with Crippen LogP contribution in [0.15, 0.2) is 51.3 Å². The predicted octanol–water partition coefficient (Wildman–Crippen LogP) is 3.52. The summed E-state index contributed by atoms with van der Waals surface area (Å²) in [5.41, 5.74) is 13.3. The van der Waals surface area contributed by atoms with Crippen molar-refractivity contribution in [2.45, 2.75) is 44.2 Å². The molecule has 0 aromatic heterocycles. The van der Waals surface area contributed by atoms with E-state index in [0.717, 1.165) is 11.6 Å². The van der Waals surface area contributed by atoms with Crippen molar-refractivity contribution < 1.29 is 25.3 Å². The van der Waals surface area contributed by atoms with Crippen molar-refractivity contribution in [2.75, 3.05) is 10.7 Å². The summed E-state index contributed by atoms with van der Waals surface area (Å²) < 4.78 is 62.0. The Morgan fingerprint density at radius 2 is 1.50 bits per heavy atom. The van der Waals surface area contributed by atoms with Gasteiger partial charge in [-0.05, 0) is 69.0 Å². The van der Waals surface area contributed by atoms with Crippen molar-refractivity contribution in [3.05, 3.63) is 57.6 Å². The van der Waals surface area contributed by atoms with Crippen LogP contribution in [0.5, 0.6) is 0 Å². The van der Waals surface area contributed by atoms with E-state index in [1.807, 2.05) is 26.0 Å². The van der Waals surface area contributed by atoms with Crippen molar-refractivity contribution in [1.82, 2.24) is 0 Å². The Labute approximate surface area is 219 Å². The molecule has 0 unspecified atom stereocenters. The number of aryl methyl sites for hydroxylation is 2. The molecule has 1 aliphatic heterocycles. The minimum Gasteiger partial charge on any atom is -0.369 e. The summed E-state index contributed by atoms with van der Waals surface area (Å²) in [5.74, 6) is 0.124. The van der Waals surface area contributed by atoms with E-state index in [2.05, 4.69) is 9.98 Å². The maximum absolute atomic E-state index is 13.1. The highest BCUT2D eigenvalue weighted by Crippen LogP contribution is 2.32. The molecule has 2 aromatic carbocycles. The molecule has 15 heteroatoms. The number of aliphatic imine (C=N–C) groups is 2. The van der Waals surface area contributed by atoms with E-state index < -0.39 is 30.9 Å². The zero-order valence-electron chi connectivity index (χ0n) is 19.6. The van der Waals surface area contributed by atoms with Gasteiger partial charge in [0.05, 0.1) is 10.6 Å². The van der Waals surface area contributed by atoms with Crippen molar-refractivity contribution in [3.8, 4) is 0 Å². The molecule has 0 atom stereocenters. The van der Waals surface area contributed by atoms with Crippen molar-refractivity contribution >= 4 is 61.1 Å². The Kier molecular flexibility index (Phi) is 9.35. The van der Waals surface area contributed by atoms with Crippen LogP contribution in [0, 0.1) is 0 Å². The minimum atomic E-state index is -4.80. The van der Waals surface area contributed by atoms with Crippen LogP contribution in [0.25, 0.3) is 0 Å². The quantitative estimate of drug-likeness (QED) is 0.343. The molecule has 2 aromatic rings. The Morgan fingerprint density at radius 1 is 1.00 bits per heavy atom. The van der Waals surface area contributed by atoms with Crippen LogP contribution in [0.3, 0.4) is 0 Å². The van der Waals surface area contributed by atoms with Crippen LogP contribution in [-0.4, -0.2) is 44.7 Å². The normalized spacial score (nSPS) is 15.5. The number of nitrogens with two attached hydrogens (primary N) is 2. The Morgan fingerprint density at radius 3 is 1.92 bits per heavy atom. The molecule has 36 heavy (non-hydrogen) atoms. The first-order chi connectivity index (χ1) is 16.4. The lowest BCUT2D eigenvalue weighted by molar-refractivity contribution is 0.484. The Bertz CT molecular complexity index is 1410. The molecule has 198 valence electrons. The number of halogens is 3. The predicted molar refractivity (Wildman–Crippen MR) is 140 cm³/mol. The Hall–Kier alpha value is -2.45. The van der Waals surface area contributed by atoms with Crippen LogP contribution >= 0.6 is 23.2 Å². The maximum atomic E-state index is 13.1. The number of hydrogen-bond donors (Lipinski definition) is 3. The van der Waals surface area contributed by atoms with Gasteiger partial charge in [-0.15, -0.1) is 3.89 Å². The monoisotopic (exact) mass is 581 g/mol. The van der Waals surface area contributed by atoms with Crippen molar-refractivity contribution in [1.29, 1.82) is 0 Å². The lowest BCUT2D eigenvalue weighted by Gasteiger charge is -2.38. The molecule has 0 aliphatic carbocycles. The molecule has 3 rings (SSSR count). The highest BCUT2D eigenvalue weighted by atomic mass is 35.5. The third-order valence-electron chi connectivity index (χ3n) is 5.02. The van der Waals surface area contributed by atoms with Gasteiger partial charge >= 0.3 is 10.2 Å². The first-order valence-corrected chi connectivity index (χ1v) is 14.2. The number of guanidine groups is 2. The van der Waals surface area contributed by atoms with Crippen molar-refractivity contribution in [2.24, 2.45) is 21.5 Å². The molecule has 1 aliphatic rings. The van der Waals surface area contributed by atoms with Gasteiger partial charge in [-0.3, -0.25) is 9.45 Å². The second kappa shape index (κ2) is 11.3. The molecule has 0 saturated heterocycles. The number of nitrogens with zero attached hydrogens (tertiary/aromatic N) is 3. The minimum absolute atomic E-state index is 0.111. The summed E-state index contributed by atoms with van der Waals surface area (Å²) in [6, 6.07) is 9.25. The van der Waals surface area contributed by atoms with E-state index in [4.69, 9.17) is 39.2 Å². The first-order valence-electron chi connectivity index (χ1n) is 10.4. The lowest BCUT2D eigenvalue weighted by atomic mass is 10.0. The molecule has 0 amide bonds. The maximum Gasteiger partial charge on any atom is 0.332 e. The molecular weight excluding hydrogens is 556 g/mol. The van der Waals surface area contributed by atoms with Gasteiger partial charge in [-0.2, -0.15) is 21.8 Å². The standard InChI is InChI=1S/C19H20Cl2FN5O2S.C2H6O3S/c1-19(2)26-17(23)25-18(24)27(19)13-7-5-11(15(20)9-13)3-4-12-6-8-14(10-16(12)21)30(22,28)29;1-2-6(3,4)5/h5-10H,3-4H2,1-2H3,(H4,23,24,25,26);2H2,1H3,(H,3,4,5). The molecular formula is C21H26Cl2FN5O5S2. The topological polar surface area (TPSA) is 169 Å². The van der Waals surface area contributed by atoms with Crippen molar-refractivity contribution in [3.63, 3.8) is 0 Å². The Balaban J connectivity index is 0.000000678. The van der Waals surface area contributed by atoms with E-state index in [0.29, 0.717) is 29.1 Å². The van der Waals surface area contributed by atoms with Gasteiger partial charge in [-0.25, -0.2) is 4.99 Å². The fraction of sp³-hybridized carbons (Fsp3) is 0.333. The van der Waals surface area contributed by atoms with Gasteiger partial charge in [0.15, 0.2) is 0 Å². The molecule has 1 heterocycles. The van der Waals surface area contributed by atoms with Gasteiger partial charge in [0.2, 0.25) is 11.9 Å². The van der Waals surface area contributed by atoms with Crippen LogP contribution in [0.1, 0.15) is 31.9 Å². The zero-order chi connectivity index (χ0) is 27.5. The van der Waals surface area contributed by atoms with E-state index in [-0.39, 0.29) is 22.7 Å². The first kappa shape index (κ1) is 29.8. The number of anilines is 1. The molecule has 5 N–H and O–H groups in total. The number of rotatable bonds is 6. The molecule has 10 nitrogen and oxygen atoms in total.